The number of carbonyl (C=O) groups is 3. The van der Waals surface area contributed by atoms with Gasteiger partial charge < -0.3 is 9.80 Å². The lowest BCUT2D eigenvalue weighted by atomic mass is 9.98. The molecule has 3 amide bonds. The van der Waals surface area contributed by atoms with Crippen molar-refractivity contribution < 1.29 is 14.4 Å². The fourth-order valence-electron chi connectivity index (χ4n) is 4.27. The maximum atomic E-state index is 13.3. The van der Waals surface area contributed by atoms with Gasteiger partial charge in [-0.3, -0.25) is 19.3 Å². The van der Waals surface area contributed by atoms with Crippen LogP contribution in [0.2, 0.25) is 0 Å². The van der Waals surface area contributed by atoms with E-state index in [4.69, 9.17) is 0 Å². The van der Waals surface area contributed by atoms with Crippen LogP contribution in [0.3, 0.4) is 0 Å². The molecule has 1 fully saturated rings. The number of hydrogen-bond donors (Lipinski definition) is 0. The third kappa shape index (κ3) is 2.68. The summed E-state index contributed by atoms with van der Waals surface area (Å²) in [6, 6.07) is 16.5. The Kier molecular flexibility index (Phi) is 4.41. The third-order valence-electron chi connectivity index (χ3n) is 5.72. The van der Waals surface area contributed by atoms with E-state index in [-0.39, 0.29) is 24.3 Å². The molecule has 2 aromatic rings. The summed E-state index contributed by atoms with van der Waals surface area (Å²) in [6.45, 7) is 4.21. The Morgan fingerprint density at radius 1 is 1.07 bits per heavy atom. The van der Waals surface area contributed by atoms with Crippen LogP contribution in [-0.4, -0.2) is 41.4 Å². The second-order valence-electron chi connectivity index (χ2n) is 7.33. The van der Waals surface area contributed by atoms with Crippen LogP contribution < -0.4 is 9.80 Å². The first-order chi connectivity index (χ1) is 13.5. The zero-order chi connectivity index (χ0) is 19.9. The molecule has 2 aliphatic rings. The smallest absolute Gasteiger partial charge is 0.258 e. The van der Waals surface area contributed by atoms with E-state index in [1.807, 2.05) is 50.2 Å². The number of nitrogens with zero attached hydrogens (tertiary/aromatic N) is 3. The standard InChI is InChI=1S/C22H23N3O3/c1-3-23(16-9-5-4-6-10-16)20(27)15-24-21(28)17-11-7-8-12-18(17)25-19(26)13-14-22(24,25)2/h4-12H,3,13-15H2,1-2H3. The fourth-order valence-corrected chi connectivity index (χ4v) is 4.27. The van der Waals surface area contributed by atoms with Crippen molar-refractivity contribution >= 4 is 29.1 Å². The predicted molar refractivity (Wildman–Crippen MR) is 107 cm³/mol. The van der Waals surface area contributed by atoms with Gasteiger partial charge in [-0.1, -0.05) is 30.3 Å². The van der Waals surface area contributed by atoms with Gasteiger partial charge >= 0.3 is 0 Å². The number of para-hydroxylation sites is 2. The van der Waals surface area contributed by atoms with Crippen LogP contribution in [0.5, 0.6) is 0 Å². The Bertz CT molecular complexity index is 943. The van der Waals surface area contributed by atoms with Crippen LogP contribution in [0.25, 0.3) is 0 Å². The molecule has 1 unspecified atom stereocenters. The number of hydrogen-bond acceptors (Lipinski definition) is 3. The molecule has 0 radical (unpaired) electrons. The molecular formula is C22H23N3O3. The van der Waals surface area contributed by atoms with Gasteiger partial charge in [0.25, 0.3) is 5.91 Å². The second kappa shape index (κ2) is 6.78. The molecule has 144 valence electrons. The third-order valence-corrected chi connectivity index (χ3v) is 5.72. The minimum absolute atomic E-state index is 0.0182. The molecule has 6 heteroatoms. The summed E-state index contributed by atoms with van der Waals surface area (Å²) in [7, 11) is 0. The van der Waals surface area contributed by atoms with Crippen molar-refractivity contribution in [3.8, 4) is 0 Å². The molecule has 2 heterocycles. The molecule has 0 aromatic heterocycles. The zero-order valence-electron chi connectivity index (χ0n) is 16.1. The predicted octanol–water partition coefficient (Wildman–Crippen LogP) is 3.04. The van der Waals surface area contributed by atoms with Crippen LogP contribution in [0.1, 0.15) is 37.0 Å². The summed E-state index contributed by atoms with van der Waals surface area (Å²) >= 11 is 0. The molecule has 28 heavy (non-hydrogen) atoms. The van der Waals surface area contributed by atoms with Crippen molar-refractivity contribution in [1.82, 2.24) is 4.90 Å². The van der Waals surface area contributed by atoms with Gasteiger partial charge in [0.1, 0.15) is 12.2 Å². The Hall–Kier alpha value is -3.15. The Morgan fingerprint density at radius 2 is 1.75 bits per heavy atom. The monoisotopic (exact) mass is 377 g/mol. The SMILES string of the molecule is CCN(C(=O)CN1C(=O)c2ccccc2N2C(=O)CCC12C)c1ccccc1. The fraction of sp³-hybridized carbons (Fsp3) is 0.318. The molecule has 0 N–H and O–H groups in total. The van der Waals surface area contributed by atoms with Gasteiger partial charge in [-0.2, -0.15) is 0 Å². The molecule has 0 saturated carbocycles. The first kappa shape index (κ1) is 18.2. The summed E-state index contributed by atoms with van der Waals surface area (Å²) in [5.41, 5.74) is 1.07. The molecule has 0 spiro atoms. The summed E-state index contributed by atoms with van der Waals surface area (Å²) in [5, 5.41) is 0. The van der Waals surface area contributed by atoms with Crippen molar-refractivity contribution in [3.63, 3.8) is 0 Å². The highest BCUT2D eigenvalue weighted by Gasteiger charge is 2.53. The first-order valence-electron chi connectivity index (χ1n) is 9.57. The number of likely N-dealkylation sites (N-methyl/N-ethyl adjacent to an activating group) is 1. The average Bonchev–Trinajstić information content (AvgIpc) is 3.02. The number of anilines is 2. The molecule has 0 bridgehead atoms. The summed E-state index contributed by atoms with van der Waals surface area (Å²) in [6.07, 6.45) is 0.871. The van der Waals surface area contributed by atoms with Crippen LogP contribution in [0.15, 0.2) is 54.6 Å². The van der Waals surface area contributed by atoms with Gasteiger partial charge in [-0.25, -0.2) is 0 Å². The maximum absolute atomic E-state index is 13.3. The molecule has 0 aliphatic carbocycles. The van der Waals surface area contributed by atoms with Gasteiger partial charge in [0.05, 0.1) is 11.3 Å². The van der Waals surface area contributed by atoms with E-state index in [0.717, 1.165) is 5.69 Å². The number of rotatable bonds is 4. The quantitative estimate of drug-likeness (QED) is 0.823. The van der Waals surface area contributed by atoms with E-state index in [1.54, 1.807) is 32.9 Å². The minimum Gasteiger partial charge on any atom is -0.311 e. The van der Waals surface area contributed by atoms with Crippen molar-refractivity contribution in [2.24, 2.45) is 0 Å². The first-order valence-corrected chi connectivity index (χ1v) is 9.57. The van der Waals surface area contributed by atoms with Gasteiger partial charge in [-0.15, -0.1) is 0 Å². The Labute approximate surface area is 164 Å². The Morgan fingerprint density at radius 3 is 2.46 bits per heavy atom. The number of fused-ring (bicyclic) bond motifs is 3. The van der Waals surface area contributed by atoms with E-state index in [2.05, 4.69) is 0 Å². The van der Waals surface area contributed by atoms with Gasteiger partial charge in [-0.05, 0) is 44.5 Å². The number of carbonyl (C=O) groups excluding carboxylic acids is 3. The molecule has 2 aromatic carbocycles. The van der Waals surface area contributed by atoms with Crippen molar-refractivity contribution in [2.45, 2.75) is 32.4 Å². The Balaban J connectivity index is 1.70. The largest absolute Gasteiger partial charge is 0.311 e. The highest BCUT2D eigenvalue weighted by molar-refractivity contribution is 6.11. The normalized spacial score (nSPS) is 20.8. The number of amides is 3. The minimum atomic E-state index is -0.825. The van der Waals surface area contributed by atoms with E-state index >= 15 is 0 Å². The molecule has 2 aliphatic heterocycles. The van der Waals surface area contributed by atoms with E-state index < -0.39 is 5.66 Å². The molecule has 1 saturated heterocycles. The maximum Gasteiger partial charge on any atom is 0.258 e. The van der Waals surface area contributed by atoms with Gasteiger partial charge in [0.15, 0.2) is 0 Å². The van der Waals surface area contributed by atoms with E-state index in [0.29, 0.717) is 30.6 Å². The zero-order valence-corrected chi connectivity index (χ0v) is 16.1. The van der Waals surface area contributed by atoms with Gasteiger partial charge in [0, 0.05) is 18.7 Å². The molecular weight excluding hydrogens is 354 g/mol. The van der Waals surface area contributed by atoms with Crippen LogP contribution >= 0.6 is 0 Å². The molecule has 1 atom stereocenters. The van der Waals surface area contributed by atoms with Crippen molar-refractivity contribution in [1.29, 1.82) is 0 Å². The van der Waals surface area contributed by atoms with Crippen LogP contribution in [0.4, 0.5) is 11.4 Å². The summed E-state index contributed by atoms with van der Waals surface area (Å²) < 4.78 is 0. The van der Waals surface area contributed by atoms with Crippen molar-refractivity contribution in [2.75, 3.05) is 22.9 Å². The lowest BCUT2D eigenvalue weighted by molar-refractivity contribution is -0.121. The van der Waals surface area contributed by atoms with Crippen molar-refractivity contribution in [3.05, 3.63) is 60.2 Å². The highest BCUT2D eigenvalue weighted by atomic mass is 16.2. The topological polar surface area (TPSA) is 60.9 Å². The number of benzene rings is 2. The summed E-state index contributed by atoms with van der Waals surface area (Å²) in [4.78, 5) is 44.0. The average molecular weight is 377 g/mol. The van der Waals surface area contributed by atoms with Crippen LogP contribution in [0, 0.1) is 0 Å². The second-order valence-corrected chi connectivity index (χ2v) is 7.33. The highest BCUT2D eigenvalue weighted by Crippen LogP contribution is 2.43. The lowest BCUT2D eigenvalue weighted by Crippen LogP contribution is -2.64. The molecule has 4 rings (SSSR count). The van der Waals surface area contributed by atoms with Crippen LogP contribution in [-0.2, 0) is 9.59 Å². The van der Waals surface area contributed by atoms with E-state index in [9.17, 15) is 14.4 Å². The van der Waals surface area contributed by atoms with E-state index in [1.165, 1.54) is 0 Å². The lowest BCUT2D eigenvalue weighted by Gasteiger charge is -2.48. The summed E-state index contributed by atoms with van der Waals surface area (Å²) in [5.74, 6) is -0.390. The molecule has 6 nitrogen and oxygen atoms in total. The van der Waals surface area contributed by atoms with Gasteiger partial charge in [0.2, 0.25) is 11.8 Å².